The van der Waals surface area contributed by atoms with E-state index in [9.17, 15) is 21.6 Å². The van der Waals surface area contributed by atoms with Crippen LogP contribution < -0.4 is 0 Å². The largest absolute Gasteiger partial charge is 0.336 e. The van der Waals surface area contributed by atoms with Gasteiger partial charge in [-0.3, -0.25) is 4.79 Å². The monoisotopic (exact) mass is 513 g/mol. The zero-order valence-corrected chi connectivity index (χ0v) is 21.3. The molecule has 180 valence electrons. The molecule has 0 unspecified atom stereocenters. The predicted octanol–water partition coefficient (Wildman–Crippen LogP) is 2.83. The first kappa shape index (κ1) is 25.6. The molecule has 0 aliphatic carbocycles. The zero-order chi connectivity index (χ0) is 24.4. The Labute approximate surface area is 200 Å². The minimum atomic E-state index is -3.75. The van der Waals surface area contributed by atoms with Crippen LogP contribution in [-0.2, 0) is 20.0 Å². The van der Waals surface area contributed by atoms with Crippen LogP contribution in [0.25, 0.3) is 0 Å². The van der Waals surface area contributed by atoms with Crippen molar-refractivity contribution in [3.05, 3.63) is 58.6 Å². The fourth-order valence-electron chi connectivity index (χ4n) is 3.70. The molecule has 33 heavy (non-hydrogen) atoms. The minimum absolute atomic E-state index is 0.000431. The molecule has 0 spiro atoms. The molecule has 0 radical (unpaired) electrons. The normalized spacial score (nSPS) is 15.7. The van der Waals surface area contributed by atoms with Gasteiger partial charge in [-0.05, 0) is 37.3 Å². The van der Waals surface area contributed by atoms with Gasteiger partial charge in [-0.1, -0.05) is 43.1 Å². The van der Waals surface area contributed by atoms with Crippen LogP contribution >= 0.6 is 11.6 Å². The predicted molar refractivity (Wildman–Crippen MR) is 127 cm³/mol. The van der Waals surface area contributed by atoms with E-state index >= 15 is 0 Å². The second kappa shape index (κ2) is 10.1. The standard InChI is InChI=1S/C22H28ClN3O5S2/c1-4-25(5-2)33(30,31)19-10-11-21(23)20(16-19)22(27)24-12-14-26(15-13-24)32(28,29)18-8-6-17(3)7-9-18/h6-11,16H,4-5,12-15H2,1-3H3. The second-order valence-electron chi connectivity index (χ2n) is 7.74. The lowest BCUT2D eigenvalue weighted by Crippen LogP contribution is -2.50. The molecule has 3 rings (SSSR count). The SMILES string of the molecule is CCN(CC)S(=O)(=O)c1ccc(Cl)c(C(=O)N2CCN(S(=O)(=O)c3ccc(C)cc3)CC2)c1. The van der Waals surface area contributed by atoms with Crippen LogP contribution in [0.2, 0.25) is 5.02 Å². The van der Waals surface area contributed by atoms with Gasteiger partial charge in [-0.2, -0.15) is 8.61 Å². The van der Waals surface area contributed by atoms with Crippen molar-refractivity contribution in [1.29, 1.82) is 0 Å². The number of amides is 1. The van der Waals surface area contributed by atoms with Gasteiger partial charge in [-0.25, -0.2) is 16.8 Å². The summed E-state index contributed by atoms with van der Waals surface area (Å²) in [4.78, 5) is 14.8. The second-order valence-corrected chi connectivity index (χ2v) is 12.0. The van der Waals surface area contributed by atoms with Crippen molar-refractivity contribution in [2.45, 2.75) is 30.6 Å². The van der Waals surface area contributed by atoms with E-state index in [4.69, 9.17) is 11.6 Å². The highest BCUT2D eigenvalue weighted by Gasteiger charge is 2.32. The van der Waals surface area contributed by atoms with Gasteiger partial charge < -0.3 is 4.90 Å². The van der Waals surface area contributed by atoms with Crippen LogP contribution in [0.5, 0.6) is 0 Å². The summed E-state index contributed by atoms with van der Waals surface area (Å²) in [7, 11) is -7.41. The van der Waals surface area contributed by atoms with Crippen LogP contribution in [-0.4, -0.2) is 75.5 Å². The quantitative estimate of drug-likeness (QED) is 0.567. The molecule has 1 amide bonds. The number of sulfonamides is 2. The summed E-state index contributed by atoms with van der Waals surface area (Å²) in [5, 5.41) is 0.146. The molecule has 2 aromatic carbocycles. The number of carbonyl (C=O) groups is 1. The van der Waals surface area contributed by atoms with Gasteiger partial charge in [0.1, 0.15) is 0 Å². The summed E-state index contributed by atoms with van der Waals surface area (Å²) in [5.74, 6) is -0.427. The van der Waals surface area contributed by atoms with Crippen molar-refractivity contribution in [3.63, 3.8) is 0 Å². The van der Waals surface area contributed by atoms with Crippen LogP contribution in [0.15, 0.2) is 52.3 Å². The molecule has 0 atom stereocenters. The highest BCUT2D eigenvalue weighted by Crippen LogP contribution is 2.25. The lowest BCUT2D eigenvalue weighted by molar-refractivity contribution is 0.0698. The Morgan fingerprint density at radius 1 is 0.909 bits per heavy atom. The summed E-state index contributed by atoms with van der Waals surface area (Å²) in [5.41, 5.74) is 1.05. The van der Waals surface area contributed by atoms with E-state index in [1.807, 2.05) is 6.92 Å². The summed E-state index contributed by atoms with van der Waals surface area (Å²) in [6.07, 6.45) is 0. The lowest BCUT2D eigenvalue weighted by atomic mass is 10.2. The van der Waals surface area contributed by atoms with E-state index < -0.39 is 26.0 Å². The topological polar surface area (TPSA) is 95.1 Å². The molecule has 1 aliphatic rings. The Bertz CT molecular complexity index is 1220. The maximum absolute atomic E-state index is 13.1. The lowest BCUT2D eigenvalue weighted by Gasteiger charge is -2.34. The van der Waals surface area contributed by atoms with Crippen molar-refractivity contribution in [1.82, 2.24) is 13.5 Å². The van der Waals surface area contributed by atoms with E-state index in [0.29, 0.717) is 13.1 Å². The molecule has 0 aromatic heterocycles. The third-order valence-corrected chi connectivity index (χ3v) is 9.98. The number of piperazine rings is 1. The van der Waals surface area contributed by atoms with Gasteiger partial charge in [0.15, 0.2) is 0 Å². The number of hydrogen-bond acceptors (Lipinski definition) is 5. The molecule has 2 aromatic rings. The Kier molecular flexibility index (Phi) is 7.85. The first-order valence-corrected chi connectivity index (χ1v) is 13.9. The number of hydrogen-bond donors (Lipinski definition) is 0. The summed E-state index contributed by atoms with van der Waals surface area (Å²) in [6, 6.07) is 10.7. The maximum Gasteiger partial charge on any atom is 0.255 e. The van der Waals surface area contributed by atoms with Gasteiger partial charge in [0.2, 0.25) is 20.0 Å². The summed E-state index contributed by atoms with van der Waals surface area (Å²) in [6.45, 7) is 6.60. The van der Waals surface area contributed by atoms with Gasteiger partial charge >= 0.3 is 0 Å². The van der Waals surface area contributed by atoms with E-state index in [1.54, 1.807) is 38.1 Å². The fourth-order valence-corrected chi connectivity index (χ4v) is 6.81. The van der Waals surface area contributed by atoms with E-state index in [-0.39, 0.29) is 46.6 Å². The molecule has 0 bridgehead atoms. The number of aryl methyl sites for hydroxylation is 1. The Morgan fingerprint density at radius 2 is 1.45 bits per heavy atom. The molecule has 0 N–H and O–H groups in total. The van der Waals surface area contributed by atoms with Gasteiger partial charge in [-0.15, -0.1) is 0 Å². The highest BCUT2D eigenvalue weighted by atomic mass is 35.5. The third kappa shape index (κ3) is 5.25. The van der Waals surface area contributed by atoms with Crippen LogP contribution in [0, 0.1) is 6.92 Å². The summed E-state index contributed by atoms with van der Waals surface area (Å²) >= 11 is 6.24. The van der Waals surface area contributed by atoms with Crippen molar-refractivity contribution in [2.75, 3.05) is 39.3 Å². The number of rotatable bonds is 7. The first-order chi connectivity index (χ1) is 15.5. The molecule has 1 fully saturated rings. The van der Waals surface area contributed by atoms with Crippen LogP contribution in [0.4, 0.5) is 0 Å². The number of benzene rings is 2. The average molecular weight is 514 g/mol. The van der Waals surface area contributed by atoms with E-state index in [1.165, 1.54) is 31.7 Å². The van der Waals surface area contributed by atoms with Gasteiger partial charge in [0.05, 0.1) is 20.4 Å². The van der Waals surface area contributed by atoms with E-state index in [2.05, 4.69) is 0 Å². The molecular weight excluding hydrogens is 486 g/mol. The number of halogens is 1. The smallest absolute Gasteiger partial charge is 0.255 e. The number of carbonyl (C=O) groups excluding carboxylic acids is 1. The summed E-state index contributed by atoms with van der Waals surface area (Å²) < 4.78 is 54.2. The minimum Gasteiger partial charge on any atom is -0.336 e. The molecule has 1 heterocycles. The average Bonchev–Trinajstić information content (AvgIpc) is 2.80. The van der Waals surface area contributed by atoms with Crippen molar-refractivity contribution < 1.29 is 21.6 Å². The van der Waals surface area contributed by atoms with E-state index in [0.717, 1.165) is 5.56 Å². The highest BCUT2D eigenvalue weighted by molar-refractivity contribution is 7.89. The maximum atomic E-state index is 13.1. The molecule has 1 aliphatic heterocycles. The van der Waals surface area contributed by atoms with Crippen LogP contribution in [0.1, 0.15) is 29.8 Å². The van der Waals surface area contributed by atoms with Crippen LogP contribution in [0.3, 0.4) is 0 Å². The number of nitrogens with zero attached hydrogens (tertiary/aromatic N) is 3. The molecule has 8 nitrogen and oxygen atoms in total. The van der Waals surface area contributed by atoms with Crippen molar-refractivity contribution >= 4 is 37.6 Å². The Hall–Kier alpha value is -1.98. The first-order valence-electron chi connectivity index (χ1n) is 10.7. The fraction of sp³-hybridized carbons (Fsp3) is 0.409. The Balaban J connectivity index is 1.78. The Morgan fingerprint density at radius 3 is 2.00 bits per heavy atom. The van der Waals surface area contributed by atoms with Crippen molar-refractivity contribution in [2.24, 2.45) is 0 Å². The third-order valence-electron chi connectivity index (χ3n) is 5.70. The van der Waals surface area contributed by atoms with Gasteiger partial charge in [0.25, 0.3) is 5.91 Å². The van der Waals surface area contributed by atoms with Crippen molar-refractivity contribution in [3.8, 4) is 0 Å². The molecular formula is C22H28ClN3O5S2. The molecule has 11 heteroatoms. The zero-order valence-electron chi connectivity index (χ0n) is 18.9. The van der Waals surface area contributed by atoms with Gasteiger partial charge in [0, 0.05) is 39.3 Å². The molecule has 0 saturated carbocycles. The molecule has 1 saturated heterocycles.